The number of aromatic amines is 1. The van der Waals surface area contributed by atoms with E-state index in [0.29, 0.717) is 17.9 Å². The van der Waals surface area contributed by atoms with Gasteiger partial charge in [0.05, 0.1) is 6.54 Å². The molecule has 0 aromatic carbocycles. The monoisotopic (exact) mass is 235 g/mol. The Balaban J connectivity index is 1.81. The molecule has 16 heavy (non-hydrogen) atoms. The van der Waals surface area contributed by atoms with Crippen molar-refractivity contribution < 1.29 is 0 Å². The number of hydrogen-bond donors (Lipinski definition) is 2. The van der Waals surface area contributed by atoms with E-state index in [1.54, 1.807) is 11.3 Å². The molecule has 0 amide bonds. The van der Waals surface area contributed by atoms with Gasteiger partial charge in [0, 0.05) is 10.9 Å². The van der Waals surface area contributed by atoms with Gasteiger partial charge in [0.15, 0.2) is 0 Å². The molecule has 1 aliphatic carbocycles. The Morgan fingerprint density at radius 2 is 2.44 bits per heavy atom. The van der Waals surface area contributed by atoms with E-state index in [2.05, 4.69) is 37.6 Å². The van der Waals surface area contributed by atoms with Gasteiger partial charge in [-0.05, 0) is 24.3 Å². The third kappa shape index (κ3) is 1.88. The van der Waals surface area contributed by atoms with Crippen molar-refractivity contribution in [3.63, 3.8) is 0 Å². The molecule has 3 N–H and O–H groups in total. The van der Waals surface area contributed by atoms with Crippen molar-refractivity contribution in [3.8, 4) is 0 Å². The van der Waals surface area contributed by atoms with Gasteiger partial charge in [-0.3, -0.25) is 0 Å². The van der Waals surface area contributed by atoms with Gasteiger partial charge in [-0.15, -0.1) is 16.4 Å². The van der Waals surface area contributed by atoms with Crippen LogP contribution >= 0.6 is 11.3 Å². The summed E-state index contributed by atoms with van der Waals surface area (Å²) < 4.78 is 0. The van der Waals surface area contributed by atoms with E-state index in [0.717, 1.165) is 6.54 Å². The summed E-state index contributed by atoms with van der Waals surface area (Å²) in [6.07, 6.45) is 2.44. The Morgan fingerprint density at radius 1 is 1.56 bits per heavy atom. The highest BCUT2D eigenvalue weighted by molar-refractivity contribution is 7.09. The van der Waals surface area contributed by atoms with Gasteiger partial charge < -0.3 is 10.6 Å². The lowest BCUT2D eigenvalue weighted by atomic mass is 10.4. The van der Waals surface area contributed by atoms with Crippen LogP contribution in [0.2, 0.25) is 0 Å². The molecule has 1 aliphatic rings. The average Bonchev–Trinajstić information content (AvgIpc) is 2.81. The van der Waals surface area contributed by atoms with Crippen molar-refractivity contribution in [1.29, 1.82) is 0 Å². The van der Waals surface area contributed by atoms with E-state index >= 15 is 0 Å². The van der Waals surface area contributed by atoms with Crippen LogP contribution in [0.4, 0.5) is 11.9 Å². The first-order valence-corrected chi connectivity index (χ1v) is 6.18. The van der Waals surface area contributed by atoms with Crippen LogP contribution in [0.5, 0.6) is 0 Å². The number of nitrogens with two attached hydrogens (primary N) is 1. The van der Waals surface area contributed by atoms with Gasteiger partial charge >= 0.3 is 0 Å². The first-order valence-electron chi connectivity index (χ1n) is 5.30. The van der Waals surface area contributed by atoms with Crippen molar-refractivity contribution in [2.75, 3.05) is 10.6 Å². The third-order valence-corrected chi connectivity index (χ3v) is 3.50. The summed E-state index contributed by atoms with van der Waals surface area (Å²) >= 11 is 1.76. The lowest BCUT2D eigenvalue weighted by Crippen LogP contribution is -2.25. The number of nitrogens with zero attached hydrogens (tertiary/aromatic N) is 3. The van der Waals surface area contributed by atoms with Crippen LogP contribution in [0.3, 0.4) is 0 Å². The molecule has 0 aliphatic heterocycles. The molecule has 1 fully saturated rings. The first kappa shape index (κ1) is 9.65. The molecule has 0 radical (unpaired) electrons. The maximum Gasteiger partial charge on any atom is 0.246 e. The van der Waals surface area contributed by atoms with Crippen LogP contribution in [0.1, 0.15) is 17.7 Å². The lowest BCUT2D eigenvalue weighted by molar-refractivity contribution is 0.769. The van der Waals surface area contributed by atoms with Gasteiger partial charge in [-0.1, -0.05) is 6.07 Å². The highest BCUT2D eigenvalue weighted by Gasteiger charge is 2.31. The predicted molar refractivity (Wildman–Crippen MR) is 64.3 cm³/mol. The zero-order chi connectivity index (χ0) is 11.0. The van der Waals surface area contributed by atoms with E-state index < -0.39 is 0 Å². The highest BCUT2D eigenvalue weighted by Crippen LogP contribution is 2.31. The van der Waals surface area contributed by atoms with E-state index in [1.807, 2.05) is 0 Å². The smallest absolute Gasteiger partial charge is 0.246 e. The van der Waals surface area contributed by atoms with Gasteiger partial charge in [-0.25, -0.2) is 5.10 Å². The molecule has 5 nitrogen and oxygen atoms in total. The largest absolute Gasteiger partial charge is 0.368 e. The van der Waals surface area contributed by atoms with Crippen molar-refractivity contribution in [2.45, 2.75) is 25.4 Å². The van der Waals surface area contributed by atoms with Gasteiger partial charge in [0.1, 0.15) is 0 Å². The van der Waals surface area contributed by atoms with Crippen molar-refractivity contribution in [2.24, 2.45) is 0 Å². The minimum atomic E-state index is 0.381. The van der Waals surface area contributed by atoms with E-state index in [-0.39, 0.29) is 0 Å². The Labute approximate surface area is 97.3 Å². The van der Waals surface area contributed by atoms with E-state index in [4.69, 9.17) is 5.73 Å². The summed E-state index contributed by atoms with van der Waals surface area (Å²) in [6, 6.07) is 4.78. The Morgan fingerprint density at radius 3 is 3.00 bits per heavy atom. The van der Waals surface area contributed by atoms with E-state index in [9.17, 15) is 0 Å². The Kier molecular flexibility index (Phi) is 2.28. The molecular weight excluding hydrogens is 222 g/mol. The molecule has 0 saturated heterocycles. The third-order valence-electron chi connectivity index (χ3n) is 2.64. The summed E-state index contributed by atoms with van der Waals surface area (Å²) in [5, 5.41) is 8.91. The number of nitrogens with one attached hydrogen (secondary N) is 1. The lowest BCUT2D eigenvalue weighted by Gasteiger charge is -2.19. The maximum absolute atomic E-state index is 5.56. The second kappa shape index (κ2) is 3.79. The molecule has 1 saturated carbocycles. The number of anilines is 2. The molecule has 0 spiro atoms. The number of hydrogen-bond acceptors (Lipinski definition) is 5. The van der Waals surface area contributed by atoms with Gasteiger partial charge in [0.2, 0.25) is 11.9 Å². The van der Waals surface area contributed by atoms with Gasteiger partial charge in [-0.2, -0.15) is 4.98 Å². The fourth-order valence-corrected chi connectivity index (χ4v) is 2.42. The molecule has 84 valence electrons. The quantitative estimate of drug-likeness (QED) is 0.844. The molecule has 0 unspecified atom stereocenters. The van der Waals surface area contributed by atoms with Crippen LogP contribution in [-0.4, -0.2) is 21.2 Å². The fraction of sp³-hybridized carbons (Fsp3) is 0.400. The van der Waals surface area contributed by atoms with Crippen molar-refractivity contribution in [3.05, 3.63) is 22.4 Å². The number of nitrogen functional groups attached to an aromatic ring is 1. The highest BCUT2D eigenvalue weighted by atomic mass is 32.1. The number of aromatic nitrogens is 3. The SMILES string of the molecule is Nc1nc(N(Cc2cccs2)C2CC2)n[nH]1. The van der Waals surface area contributed by atoms with E-state index in [1.165, 1.54) is 17.7 Å². The zero-order valence-corrected chi connectivity index (χ0v) is 9.57. The van der Waals surface area contributed by atoms with Gasteiger partial charge in [0.25, 0.3) is 0 Å². The minimum absolute atomic E-state index is 0.381. The van der Waals surface area contributed by atoms with Crippen LogP contribution < -0.4 is 10.6 Å². The molecule has 2 aromatic rings. The molecule has 6 heteroatoms. The molecule has 2 aromatic heterocycles. The molecule has 3 rings (SSSR count). The summed E-state index contributed by atoms with van der Waals surface area (Å²) in [5.74, 6) is 1.10. The molecule has 0 bridgehead atoms. The Bertz CT molecular complexity index is 459. The molecular formula is C10H13N5S. The minimum Gasteiger partial charge on any atom is -0.368 e. The molecule has 0 atom stereocenters. The van der Waals surface area contributed by atoms with Crippen molar-refractivity contribution in [1.82, 2.24) is 15.2 Å². The second-order valence-electron chi connectivity index (χ2n) is 3.96. The van der Waals surface area contributed by atoms with Crippen LogP contribution in [0.15, 0.2) is 17.5 Å². The Hall–Kier alpha value is -1.56. The fourth-order valence-electron chi connectivity index (χ4n) is 1.71. The summed E-state index contributed by atoms with van der Waals surface area (Å²) in [6.45, 7) is 0.875. The van der Waals surface area contributed by atoms with Crippen LogP contribution in [-0.2, 0) is 6.54 Å². The normalized spacial score (nSPS) is 15.2. The summed E-state index contributed by atoms with van der Waals surface area (Å²) in [4.78, 5) is 7.74. The standard InChI is InChI=1S/C10H13N5S/c11-9-12-10(14-13-9)15(7-3-4-7)6-8-2-1-5-16-8/h1-2,5,7H,3-4,6H2,(H3,11,12,13,14). The number of H-pyrrole nitrogens is 1. The molecule has 2 heterocycles. The predicted octanol–water partition coefficient (Wildman–Crippen LogP) is 1.62. The topological polar surface area (TPSA) is 70.8 Å². The zero-order valence-electron chi connectivity index (χ0n) is 8.76. The van der Waals surface area contributed by atoms with Crippen LogP contribution in [0.25, 0.3) is 0 Å². The van der Waals surface area contributed by atoms with Crippen LogP contribution in [0, 0.1) is 0 Å². The summed E-state index contributed by atoms with van der Waals surface area (Å²) in [7, 11) is 0. The van der Waals surface area contributed by atoms with Crippen molar-refractivity contribution >= 4 is 23.2 Å². The average molecular weight is 235 g/mol. The first-order chi connectivity index (χ1) is 7.83. The summed E-state index contributed by atoms with van der Waals surface area (Å²) in [5.41, 5.74) is 5.56. The number of rotatable bonds is 4. The number of thiophene rings is 1. The second-order valence-corrected chi connectivity index (χ2v) is 4.99. The maximum atomic E-state index is 5.56.